The van der Waals surface area contributed by atoms with Gasteiger partial charge in [0.05, 0.1) is 12.1 Å². The molecular weight excluding hydrogens is 150 g/mol. The summed E-state index contributed by atoms with van der Waals surface area (Å²) >= 11 is 0. The maximum absolute atomic E-state index is 5.80. The molecule has 0 radical (unpaired) electrons. The van der Waals surface area contributed by atoms with E-state index in [-0.39, 0.29) is 0 Å². The molecule has 0 bridgehead atoms. The molecule has 1 saturated carbocycles. The summed E-state index contributed by atoms with van der Waals surface area (Å²) in [5.74, 6) is 1.62. The molecule has 2 N–H and O–H groups in total. The number of nitrogens with two attached hydrogens (primary N) is 1. The minimum absolute atomic E-state index is 0.332. The average molecular weight is 167 g/mol. The monoisotopic (exact) mass is 167 g/mol. The van der Waals surface area contributed by atoms with Crippen LogP contribution in [-0.2, 0) is 0 Å². The molecule has 0 unspecified atom stereocenters. The zero-order valence-corrected chi connectivity index (χ0v) is 7.88. The van der Waals surface area contributed by atoms with Crippen molar-refractivity contribution in [3.8, 4) is 0 Å². The van der Waals surface area contributed by atoms with Crippen LogP contribution in [0.2, 0.25) is 0 Å². The van der Waals surface area contributed by atoms with Crippen molar-refractivity contribution in [2.75, 3.05) is 13.1 Å². The number of hydrogen-bond donors (Lipinski definition) is 1. The Morgan fingerprint density at radius 2 is 2.33 bits per heavy atom. The van der Waals surface area contributed by atoms with E-state index in [2.05, 4.69) is 23.7 Å². The van der Waals surface area contributed by atoms with Crippen molar-refractivity contribution in [3.63, 3.8) is 0 Å². The van der Waals surface area contributed by atoms with Gasteiger partial charge in [-0.05, 0) is 25.7 Å². The first-order valence-electron chi connectivity index (χ1n) is 4.75. The zero-order valence-electron chi connectivity index (χ0n) is 7.88. The van der Waals surface area contributed by atoms with Crippen molar-refractivity contribution in [2.24, 2.45) is 16.6 Å². The molecule has 3 nitrogen and oxygen atoms in total. The number of aliphatic imine (C=N–C) groups is 1. The lowest BCUT2D eigenvalue weighted by Gasteiger charge is -2.49. The number of nitrogens with zero attached hydrogens (tertiary/aromatic N) is 2. The molecule has 1 aliphatic heterocycles. The second-order valence-corrected chi connectivity index (χ2v) is 4.16. The Labute approximate surface area is 73.6 Å². The van der Waals surface area contributed by atoms with Gasteiger partial charge < -0.3 is 10.6 Å². The van der Waals surface area contributed by atoms with Crippen molar-refractivity contribution in [2.45, 2.75) is 32.2 Å². The molecule has 68 valence electrons. The van der Waals surface area contributed by atoms with Crippen molar-refractivity contribution in [1.82, 2.24) is 4.90 Å². The summed E-state index contributed by atoms with van der Waals surface area (Å²) in [7, 11) is 0. The minimum atomic E-state index is 0.332. The minimum Gasteiger partial charge on any atom is -0.370 e. The standard InChI is InChI=1S/C9H17N3/c1-3-12-8(10)11-6-9(12)4-7(2)5-9/h7H,3-6H2,1-2H3,(H2,10,11). The summed E-state index contributed by atoms with van der Waals surface area (Å²) < 4.78 is 0. The van der Waals surface area contributed by atoms with Gasteiger partial charge in [0.25, 0.3) is 0 Å². The third-order valence-corrected chi connectivity index (χ3v) is 3.16. The number of guanidine groups is 1. The van der Waals surface area contributed by atoms with Crippen LogP contribution < -0.4 is 5.73 Å². The van der Waals surface area contributed by atoms with E-state index in [1.807, 2.05) is 0 Å². The second kappa shape index (κ2) is 2.38. The number of likely N-dealkylation sites (N-methyl/N-ethyl adjacent to an activating group) is 1. The van der Waals surface area contributed by atoms with E-state index in [4.69, 9.17) is 5.73 Å². The zero-order chi connectivity index (χ0) is 8.77. The molecule has 1 spiro atoms. The molecule has 0 aromatic carbocycles. The van der Waals surface area contributed by atoms with E-state index in [1.54, 1.807) is 0 Å². The summed E-state index contributed by atoms with van der Waals surface area (Å²) in [5, 5.41) is 0. The van der Waals surface area contributed by atoms with E-state index in [0.717, 1.165) is 25.0 Å². The first kappa shape index (κ1) is 7.90. The molecule has 2 rings (SSSR count). The first-order chi connectivity index (χ1) is 5.68. The fraction of sp³-hybridized carbons (Fsp3) is 0.889. The van der Waals surface area contributed by atoms with Gasteiger partial charge in [0.15, 0.2) is 5.96 Å². The van der Waals surface area contributed by atoms with Gasteiger partial charge in [-0.3, -0.25) is 4.99 Å². The summed E-state index contributed by atoms with van der Waals surface area (Å²) in [6, 6.07) is 0. The second-order valence-electron chi connectivity index (χ2n) is 4.16. The predicted molar refractivity (Wildman–Crippen MR) is 50.0 cm³/mol. The van der Waals surface area contributed by atoms with Crippen LogP contribution in [0, 0.1) is 5.92 Å². The highest BCUT2D eigenvalue weighted by Gasteiger charge is 2.49. The Hall–Kier alpha value is -0.730. The van der Waals surface area contributed by atoms with E-state index in [1.165, 1.54) is 12.8 Å². The topological polar surface area (TPSA) is 41.6 Å². The van der Waals surface area contributed by atoms with Gasteiger partial charge >= 0.3 is 0 Å². The normalized spacial score (nSPS) is 40.0. The molecule has 12 heavy (non-hydrogen) atoms. The van der Waals surface area contributed by atoms with Gasteiger partial charge in [0.1, 0.15) is 0 Å². The Balaban J connectivity index is 2.11. The smallest absolute Gasteiger partial charge is 0.191 e. The van der Waals surface area contributed by atoms with Crippen LogP contribution >= 0.6 is 0 Å². The van der Waals surface area contributed by atoms with Crippen LogP contribution in [0.5, 0.6) is 0 Å². The Kier molecular flexibility index (Phi) is 1.56. The SMILES string of the molecule is CCN1C(N)=NCC12CC(C)C2. The highest BCUT2D eigenvalue weighted by Crippen LogP contribution is 2.44. The summed E-state index contributed by atoms with van der Waals surface area (Å²) in [4.78, 5) is 6.59. The lowest BCUT2D eigenvalue weighted by molar-refractivity contribution is 0.0544. The maximum Gasteiger partial charge on any atom is 0.191 e. The molecule has 1 heterocycles. The van der Waals surface area contributed by atoms with Crippen LogP contribution in [0.3, 0.4) is 0 Å². The van der Waals surface area contributed by atoms with Crippen LogP contribution in [0.4, 0.5) is 0 Å². The Morgan fingerprint density at radius 1 is 1.67 bits per heavy atom. The van der Waals surface area contributed by atoms with Crippen molar-refractivity contribution >= 4 is 5.96 Å². The molecule has 2 aliphatic rings. The van der Waals surface area contributed by atoms with Gasteiger partial charge in [-0.2, -0.15) is 0 Å². The molecule has 0 aromatic heterocycles. The first-order valence-corrected chi connectivity index (χ1v) is 4.75. The van der Waals surface area contributed by atoms with Crippen molar-refractivity contribution in [1.29, 1.82) is 0 Å². The van der Waals surface area contributed by atoms with Crippen molar-refractivity contribution in [3.05, 3.63) is 0 Å². The maximum atomic E-state index is 5.80. The van der Waals surface area contributed by atoms with Gasteiger partial charge in [0, 0.05) is 6.54 Å². The Morgan fingerprint density at radius 3 is 2.83 bits per heavy atom. The Bertz CT molecular complexity index is 216. The quantitative estimate of drug-likeness (QED) is 0.627. The predicted octanol–water partition coefficient (Wildman–Crippen LogP) is 0.805. The molecule has 0 atom stereocenters. The van der Waals surface area contributed by atoms with Crippen LogP contribution in [0.1, 0.15) is 26.7 Å². The molecule has 3 heteroatoms. The van der Waals surface area contributed by atoms with Crippen LogP contribution in [0.15, 0.2) is 4.99 Å². The van der Waals surface area contributed by atoms with E-state index >= 15 is 0 Å². The summed E-state index contributed by atoms with van der Waals surface area (Å²) in [5.41, 5.74) is 6.13. The highest BCUT2D eigenvalue weighted by atomic mass is 15.4. The molecule has 0 aromatic rings. The molecular formula is C9H17N3. The number of hydrogen-bond acceptors (Lipinski definition) is 3. The molecule has 0 amide bonds. The summed E-state index contributed by atoms with van der Waals surface area (Å²) in [6.45, 7) is 6.38. The van der Waals surface area contributed by atoms with Gasteiger partial charge in [-0.25, -0.2) is 0 Å². The van der Waals surface area contributed by atoms with Gasteiger partial charge in [0.2, 0.25) is 0 Å². The molecule has 0 saturated heterocycles. The van der Waals surface area contributed by atoms with Crippen molar-refractivity contribution < 1.29 is 0 Å². The van der Waals surface area contributed by atoms with Gasteiger partial charge in [-0.1, -0.05) is 6.92 Å². The fourth-order valence-electron chi connectivity index (χ4n) is 2.73. The van der Waals surface area contributed by atoms with Crippen LogP contribution in [-0.4, -0.2) is 29.5 Å². The third kappa shape index (κ3) is 0.853. The highest BCUT2D eigenvalue weighted by molar-refractivity contribution is 5.81. The third-order valence-electron chi connectivity index (χ3n) is 3.16. The fourth-order valence-corrected chi connectivity index (χ4v) is 2.73. The van der Waals surface area contributed by atoms with E-state index < -0.39 is 0 Å². The van der Waals surface area contributed by atoms with Crippen LogP contribution in [0.25, 0.3) is 0 Å². The van der Waals surface area contributed by atoms with E-state index in [0.29, 0.717) is 5.54 Å². The molecule has 1 aliphatic carbocycles. The summed E-state index contributed by atoms with van der Waals surface area (Å²) in [6.07, 6.45) is 2.54. The average Bonchev–Trinajstić information content (AvgIpc) is 2.27. The lowest BCUT2D eigenvalue weighted by Crippen LogP contribution is -2.58. The molecule has 1 fully saturated rings. The largest absolute Gasteiger partial charge is 0.370 e. The lowest BCUT2D eigenvalue weighted by atomic mass is 9.68. The number of rotatable bonds is 1. The van der Waals surface area contributed by atoms with Gasteiger partial charge in [-0.15, -0.1) is 0 Å². The van der Waals surface area contributed by atoms with E-state index in [9.17, 15) is 0 Å².